The summed E-state index contributed by atoms with van der Waals surface area (Å²) < 4.78 is 16.7. The minimum absolute atomic E-state index is 0.0544. The van der Waals surface area contributed by atoms with E-state index in [1.165, 1.54) is 0 Å². The Balaban J connectivity index is 1.42. The zero-order chi connectivity index (χ0) is 27.0. The number of halogens is 2. The highest BCUT2D eigenvalue weighted by molar-refractivity contribution is 6.35. The van der Waals surface area contributed by atoms with Crippen molar-refractivity contribution < 1.29 is 9.50 Å². The highest BCUT2D eigenvalue weighted by Crippen LogP contribution is 2.44. The van der Waals surface area contributed by atoms with Crippen LogP contribution in [0.4, 0.5) is 16.2 Å². The molecule has 2 saturated heterocycles. The highest BCUT2D eigenvalue weighted by Gasteiger charge is 2.41. The lowest BCUT2D eigenvalue weighted by Crippen LogP contribution is -2.58. The SMILES string of the molecule is CN(C)C1CN(c2nc(N3C[C@H]4CC[C@@H](C3)[C@H]4N)c3cc(Cl)c(-c4cc(O)cc5ccccc45)c(F)c3n2)C1. The van der Waals surface area contributed by atoms with Gasteiger partial charge in [-0.25, -0.2) is 9.37 Å². The Bertz CT molecular complexity index is 1590. The molecule has 3 aliphatic rings. The van der Waals surface area contributed by atoms with Crippen LogP contribution in [0.5, 0.6) is 5.75 Å². The van der Waals surface area contributed by atoms with Gasteiger partial charge < -0.3 is 25.5 Å². The lowest BCUT2D eigenvalue weighted by molar-refractivity contribution is 0.245. The van der Waals surface area contributed by atoms with Crippen LogP contribution in [0.25, 0.3) is 32.8 Å². The summed E-state index contributed by atoms with van der Waals surface area (Å²) in [5.74, 6) is 1.61. The molecule has 202 valence electrons. The van der Waals surface area contributed by atoms with E-state index in [1.54, 1.807) is 18.2 Å². The summed E-state index contributed by atoms with van der Waals surface area (Å²) in [6, 6.07) is 13.2. The van der Waals surface area contributed by atoms with E-state index < -0.39 is 5.82 Å². The van der Waals surface area contributed by atoms with E-state index in [-0.39, 0.29) is 27.9 Å². The molecule has 39 heavy (non-hydrogen) atoms. The smallest absolute Gasteiger partial charge is 0.228 e. The Hall–Kier alpha value is -3.20. The molecule has 4 aromatic rings. The number of fused-ring (bicyclic) bond motifs is 4. The maximum Gasteiger partial charge on any atom is 0.228 e. The first-order valence-electron chi connectivity index (χ1n) is 13.6. The number of hydrogen-bond donors (Lipinski definition) is 2. The molecule has 7 nitrogen and oxygen atoms in total. The largest absolute Gasteiger partial charge is 0.508 e. The molecule has 1 aromatic heterocycles. The molecule has 0 spiro atoms. The second kappa shape index (κ2) is 9.18. The number of hydrogen-bond acceptors (Lipinski definition) is 7. The highest BCUT2D eigenvalue weighted by atomic mass is 35.5. The van der Waals surface area contributed by atoms with Gasteiger partial charge in [-0.1, -0.05) is 35.9 Å². The summed E-state index contributed by atoms with van der Waals surface area (Å²) in [7, 11) is 4.13. The Labute approximate surface area is 232 Å². The molecule has 3 atom stereocenters. The second-order valence-electron chi connectivity index (χ2n) is 11.6. The van der Waals surface area contributed by atoms with Crippen molar-refractivity contribution >= 4 is 45.0 Å². The second-order valence-corrected chi connectivity index (χ2v) is 12.0. The Morgan fingerprint density at radius 1 is 0.974 bits per heavy atom. The van der Waals surface area contributed by atoms with Crippen LogP contribution in [0.15, 0.2) is 42.5 Å². The van der Waals surface area contributed by atoms with E-state index in [2.05, 4.69) is 28.8 Å². The number of aromatic nitrogens is 2. The number of benzene rings is 3. The van der Waals surface area contributed by atoms with E-state index >= 15 is 4.39 Å². The van der Waals surface area contributed by atoms with Gasteiger partial charge in [-0.15, -0.1) is 0 Å². The monoisotopic (exact) mass is 546 g/mol. The maximum atomic E-state index is 16.7. The molecule has 0 unspecified atom stereocenters. The third kappa shape index (κ3) is 4.00. The standard InChI is InChI=1S/C30H32ClFN6O/c1-36(2)19-14-38(15-19)30-34-28-23(29(35-30)37-12-17-7-8-18(13-37)27(17)33)11-24(31)25(26(28)32)22-10-20(39)9-16-5-3-4-6-21(16)22/h3-6,9-11,17-19,27,39H,7-8,12-15,33H2,1-2H3/t17-,18+,27+. The number of rotatable bonds is 4. The molecule has 2 bridgehead atoms. The van der Waals surface area contributed by atoms with Gasteiger partial charge in [-0.05, 0) is 73.3 Å². The summed E-state index contributed by atoms with van der Waals surface area (Å²) >= 11 is 6.86. The van der Waals surface area contributed by atoms with Crippen molar-refractivity contribution in [3.05, 3.63) is 53.3 Å². The normalized spacial score (nSPS) is 23.3. The fourth-order valence-corrected chi connectivity index (χ4v) is 6.98. The van der Waals surface area contributed by atoms with E-state index in [1.807, 2.05) is 24.3 Å². The number of nitrogens with zero attached hydrogens (tertiary/aromatic N) is 5. The molecule has 3 heterocycles. The van der Waals surface area contributed by atoms with Gasteiger partial charge in [0.2, 0.25) is 5.95 Å². The van der Waals surface area contributed by atoms with Crippen molar-refractivity contribution in [3.63, 3.8) is 0 Å². The van der Waals surface area contributed by atoms with Crippen LogP contribution >= 0.6 is 11.6 Å². The minimum Gasteiger partial charge on any atom is -0.508 e. The lowest BCUT2D eigenvalue weighted by atomic mass is 9.92. The number of phenolic OH excluding ortho intramolecular Hbond substituents is 1. The molecular weight excluding hydrogens is 515 g/mol. The quantitative estimate of drug-likeness (QED) is 0.378. The summed E-state index contributed by atoms with van der Waals surface area (Å²) in [4.78, 5) is 16.4. The van der Waals surface area contributed by atoms with Crippen LogP contribution in [0.2, 0.25) is 5.02 Å². The van der Waals surface area contributed by atoms with Gasteiger partial charge in [-0.2, -0.15) is 4.98 Å². The molecule has 1 aliphatic carbocycles. The Morgan fingerprint density at radius 3 is 2.41 bits per heavy atom. The van der Waals surface area contributed by atoms with Crippen molar-refractivity contribution in [3.8, 4) is 16.9 Å². The fourth-order valence-electron chi connectivity index (χ4n) is 6.68. The Morgan fingerprint density at radius 2 is 1.69 bits per heavy atom. The molecule has 3 aromatic carbocycles. The third-order valence-corrected chi connectivity index (χ3v) is 9.35. The topological polar surface area (TPSA) is 81.8 Å². The number of phenols is 1. The molecule has 7 rings (SSSR count). The van der Waals surface area contributed by atoms with Gasteiger partial charge in [-0.3, -0.25) is 0 Å². The average molecular weight is 547 g/mol. The summed E-state index contributed by atoms with van der Waals surface area (Å²) in [6.45, 7) is 3.16. The van der Waals surface area contributed by atoms with Crippen LogP contribution < -0.4 is 15.5 Å². The van der Waals surface area contributed by atoms with Gasteiger partial charge >= 0.3 is 0 Å². The molecule has 2 aliphatic heterocycles. The third-order valence-electron chi connectivity index (χ3n) is 9.05. The molecule has 0 amide bonds. The lowest BCUT2D eigenvalue weighted by Gasteiger charge is -2.43. The first-order chi connectivity index (χ1) is 18.8. The van der Waals surface area contributed by atoms with E-state index in [0.29, 0.717) is 34.8 Å². The predicted octanol–water partition coefficient (Wildman–Crippen LogP) is 4.87. The molecule has 0 radical (unpaired) electrons. The molecule has 1 saturated carbocycles. The maximum absolute atomic E-state index is 16.7. The van der Waals surface area contributed by atoms with Crippen molar-refractivity contribution in [1.82, 2.24) is 14.9 Å². The number of piperidine rings is 1. The summed E-state index contributed by atoms with van der Waals surface area (Å²) in [5, 5.41) is 13.0. The fraction of sp³-hybridized carbons (Fsp3) is 0.400. The van der Waals surface area contributed by atoms with Crippen LogP contribution in [0.3, 0.4) is 0 Å². The van der Waals surface area contributed by atoms with Gasteiger partial charge in [0.25, 0.3) is 0 Å². The molecular formula is C30H32ClFN6O. The first kappa shape index (κ1) is 24.8. The van der Waals surface area contributed by atoms with Crippen LogP contribution in [-0.4, -0.2) is 72.3 Å². The average Bonchev–Trinajstić information content (AvgIpc) is 3.07. The van der Waals surface area contributed by atoms with Gasteiger partial charge in [0.05, 0.1) is 5.02 Å². The van der Waals surface area contributed by atoms with Crippen molar-refractivity contribution in [2.75, 3.05) is 50.1 Å². The van der Waals surface area contributed by atoms with Crippen molar-refractivity contribution in [2.24, 2.45) is 17.6 Å². The number of likely N-dealkylation sites (N-methyl/N-ethyl adjacent to an activating group) is 1. The summed E-state index contributed by atoms with van der Waals surface area (Å²) in [6.07, 6.45) is 2.22. The number of nitrogens with two attached hydrogens (primary N) is 1. The summed E-state index contributed by atoms with van der Waals surface area (Å²) in [5.41, 5.74) is 7.53. The molecule has 3 N–H and O–H groups in total. The van der Waals surface area contributed by atoms with Gasteiger partial charge in [0.1, 0.15) is 17.1 Å². The number of anilines is 2. The first-order valence-corrected chi connectivity index (χ1v) is 14.0. The Kier molecular flexibility index (Phi) is 5.84. The van der Waals surface area contributed by atoms with Crippen LogP contribution in [0, 0.1) is 17.7 Å². The van der Waals surface area contributed by atoms with Gasteiger partial charge in [0.15, 0.2) is 5.82 Å². The van der Waals surface area contributed by atoms with E-state index in [9.17, 15) is 5.11 Å². The zero-order valence-corrected chi connectivity index (χ0v) is 22.9. The van der Waals surface area contributed by atoms with E-state index in [4.69, 9.17) is 27.3 Å². The molecule has 3 fully saturated rings. The van der Waals surface area contributed by atoms with Gasteiger partial charge in [0, 0.05) is 49.2 Å². The van der Waals surface area contributed by atoms with Crippen LogP contribution in [-0.2, 0) is 0 Å². The predicted molar refractivity (Wildman–Crippen MR) is 155 cm³/mol. The van der Waals surface area contributed by atoms with Crippen LogP contribution in [0.1, 0.15) is 12.8 Å². The van der Waals surface area contributed by atoms with Crippen molar-refractivity contribution in [2.45, 2.75) is 24.9 Å². The minimum atomic E-state index is -0.500. The van der Waals surface area contributed by atoms with E-state index in [0.717, 1.165) is 55.6 Å². The zero-order valence-electron chi connectivity index (χ0n) is 22.1. The van der Waals surface area contributed by atoms with Crippen molar-refractivity contribution in [1.29, 1.82) is 0 Å². The number of aromatic hydroxyl groups is 1. The molecule has 9 heteroatoms.